The lowest BCUT2D eigenvalue weighted by Gasteiger charge is -2.19. The van der Waals surface area contributed by atoms with Gasteiger partial charge in [0.15, 0.2) is 5.13 Å². The van der Waals surface area contributed by atoms with Gasteiger partial charge in [-0.05, 0) is 42.5 Å². The molecule has 0 spiro atoms. The van der Waals surface area contributed by atoms with Gasteiger partial charge >= 0.3 is 0 Å². The summed E-state index contributed by atoms with van der Waals surface area (Å²) in [6.07, 6.45) is 1.53. The van der Waals surface area contributed by atoms with Crippen molar-refractivity contribution in [2.45, 2.75) is 6.54 Å². The summed E-state index contributed by atoms with van der Waals surface area (Å²) >= 11 is 1.34. The van der Waals surface area contributed by atoms with E-state index in [1.165, 1.54) is 34.6 Å². The molecule has 136 valence electrons. The molecule has 7 heteroatoms. The van der Waals surface area contributed by atoms with Gasteiger partial charge < -0.3 is 9.15 Å². The topological polar surface area (TPSA) is 55.6 Å². The summed E-state index contributed by atoms with van der Waals surface area (Å²) < 4.78 is 25.7. The van der Waals surface area contributed by atoms with Crippen LogP contribution < -0.4 is 9.64 Å². The summed E-state index contributed by atoms with van der Waals surface area (Å²) in [6.45, 7) is 0.150. The van der Waals surface area contributed by atoms with E-state index in [1.54, 1.807) is 37.4 Å². The number of halogens is 1. The lowest BCUT2D eigenvalue weighted by atomic mass is 10.2. The zero-order valence-corrected chi connectivity index (χ0v) is 15.2. The van der Waals surface area contributed by atoms with Gasteiger partial charge in [0, 0.05) is 0 Å². The molecule has 0 aliphatic carbocycles. The van der Waals surface area contributed by atoms with Crippen molar-refractivity contribution in [2.75, 3.05) is 12.0 Å². The number of rotatable bonds is 5. The Labute approximate surface area is 158 Å². The van der Waals surface area contributed by atoms with Crippen LogP contribution in [0, 0.1) is 5.82 Å². The average Bonchev–Trinajstić information content (AvgIpc) is 3.34. The third kappa shape index (κ3) is 3.41. The Morgan fingerprint density at radius 1 is 1.22 bits per heavy atom. The van der Waals surface area contributed by atoms with E-state index in [1.807, 2.05) is 12.1 Å². The molecule has 0 bridgehead atoms. The maximum atomic E-state index is 14.2. The van der Waals surface area contributed by atoms with Crippen LogP contribution in [0.1, 0.15) is 16.1 Å². The average molecular weight is 382 g/mol. The fourth-order valence-electron chi connectivity index (χ4n) is 2.70. The zero-order valence-electron chi connectivity index (χ0n) is 14.4. The largest absolute Gasteiger partial charge is 0.497 e. The van der Waals surface area contributed by atoms with Gasteiger partial charge in [-0.25, -0.2) is 9.37 Å². The molecule has 0 atom stereocenters. The number of anilines is 1. The van der Waals surface area contributed by atoms with Gasteiger partial charge in [0.1, 0.15) is 17.3 Å². The molecule has 0 aliphatic heterocycles. The predicted octanol–water partition coefficient (Wildman–Crippen LogP) is 4.88. The van der Waals surface area contributed by atoms with Gasteiger partial charge in [0.25, 0.3) is 5.91 Å². The Morgan fingerprint density at radius 3 is 2.81 bits per heavy atom. The number of aromatic nitrogens is 1. The number of thiazole rings is 1. The van der Waals surface area contributed by atoms with E-state index in [0.29, 0.717) is 16.6 Å². The summed E-state index contributed by atoms with van der Waals surface area (Å²) in [5, 5.41) is 0.461. The monoisotopic (exact) mass is 382 g/mol. The molecule has 0 unspecified atom stereocenters. The van der Waals surface area contributed by atoms with Crippen LogP contribution in [0.5, 0.6) is 5.75 Å². The minimum atomic E-state index is -0.574. The van der Waals surface area contributed by atoms with Gasteiger partial charge in [-0.15, -0.1) is 0 Å². The maximum absolute atomic E-state index is 14.2. The molecule has 0 radical (unpaired) electrons. The fourth-order valence-corrected chi connectivity index (χ4v) is 3.69. The molecule has 2 aromatic heterocycles. The maximum Gasteiger partial charge on any atom is 0.263 e. The fraction of sp³-hybridized carbons (Fsp3) is 0.100. The zero-order chi connectivity index (χ0) is 18.8. The normalized spacial score (nSPS) is 10.9. The highest BCUT2D eigenvalue weighted by Crippen LogP contribution is 2.33. The number of nitrogens with zero attached hydrogens (tertiary/aromatic N) is 2. The van der Waals surface area contributed by atoms with E-state index in [0.717, 1.165) is 10.2 Å². The van der Waals surface area contributed by atoms with Crippen molar-refractivity contribution in [1.82, 2.24) is 4.98 Å². The summed E-state index contributed by atoms with van der Waals surface area (Å²) in [5.41, 5.74) is 0.725. The van der Waals surface area contributed by atoms with Gasteiger partial charge in [-0.3, -0.25) is 9.69 Å². The van der Waals surface area contributed by atoms with Gasteiger partial charge in [-0.2, -0.15) is 0 Å². The third-order valence-electron chi connectivity index (χ3n) is 4.06. The van der Waals surface area contributed by atoms with Crippen LogP contribution in [0.2, 0.25) is 0 Å². The van der Waals surface area contributed by atoms with Crippen molar-refractivity contribution in [3.8, 4) is 5.75 Å². The Hall–Kier alpha value is -3.19. The van der Waals surface area contributed by atoms with E-state index in [2.05, 4.69) is 4.98 Å². The summed E-state index contributed by atoms with van der Waals surface area (Å²) in [7, 11) is 1.59. The highest BCUT2D eigenvalue weighted by molar-refractivity contribution is 7.22. The van der Waals surface area contributed by atoms with Crippen LogP contribution in [0.4, 0.5) is 9.52 Å². The number of carbonyl (C=O) groups is 1. The van der Waals surface area contributed by atoms with E-state index in [4.69, 9.17) is 9.15 Å². The number of ether oxygens (including phenoxy) is 1. The first kappa shape index (κ1) is 17.2. The highest BCUT2D eigenvalue weighted by atomic mass is 32.1. The molecule has 1 amide bonds. The number of furan rings is 1. The van der Waals surface area contributed by atoms with Crippen molar-refractivity contribution in [3.63, 3.8) is 0 Å². The summed E-state index contributed by atoms with van der Waals surface area (Å²) in [6, 6.07) is 14.9. The van der Waals surface area contributed by atoms with Gasteiger partial charge in [-0.1, -0.05) is 23.5 Å². The highest BCUT2D eigenvalue weighted by Gasteiger charge is 2.24. The molecule has 0 fully saturated rings. The van der Waals surface area contributed by atoms with Crippen LogP contribution in [0.3, 0.4) is 0 Å². The van der Waals surface area contributed by atoms with Crippen molar-refractivity contribution in [1.29, 1.82) is 0 Å². The smallest absolute Gasteiger partial charge is 0.263 e. The first-order valence-corrected chi connectivity index (χ1v) is 9.00. The van der Waals surface area contributed by atoms with Crippen LogP contribution >= 0.6 is 11.3 Å². The molecule has 2 heterocycles. The lowest BCUT2D eigenvalue weighted by molar-refractivity contribution is 0.0979. The van der Waals surface area contributed by atoms with Crippen molar-refractivity contribution >= 4 is 32.6 Å². The summed E-state index contributed by atoms with van der Waals surface area (Å²) in [5.74, 6) is 0.234. The van der Waals surface area contributed by atoms with Gasteiger partial charge in [0.05, 0.1) is 35.7 Å². The molecular formula is C20H15FN2O3S. The van der Waals surface area contributed by atoms with Crippen molar-refractivity contribution in [3.05, 3.63) is 78.0 Å². The second kappa shape index (κ2) is 7.20. The molecule has 4 aromatic rings. The Bertz CT molecular complexity index is 1090. The number of amides is 1. The molecule has 0 saturated heterocycles. The SMILES string of the molecule is COc1ccc2nc(N(Cc3ccco3)C(=O)c3ccccc3F)sc2c1. The van der Waals surface area contributed by atoms with Crippen molar-refractivity contribution in [2.24, 2.45) is 0 Å². The quantitative estimate of drug-likeness (QED) is 0.493. The Balaban J connectivity index is 1.78. The second-order valence-corrected chi connectivity index (χ2v) is 6.79. The molecule has 27 heavy (non-hydrogen) atoms. The predicted molar refractivity (Wildman–Crippen MR) is 102 cm³/mol. The number of carbonyl (C=O) groups excluding carboxylic acids is 1. The molecule has 5 nitrogen and oxygen atoms in total. The number of hydrogen-bond donors (Lipinski definition) is 0. The summed E-state index contributed by atoms with van der Waals surface area (Å²) in [4.78, 5) is 19.1. The minimum Gasteiger partial charge on any atom is -0.497 e. The van der Waals surface area contributed by atoms with Crippen LogP contribution in [0.25, 0.3) is 10.2 Å². The van der Waals surface area contributed by atoms with E-state index >= 15 is 0 Å². The first-order valence-electron chi connectivity index (χ1n) is 8.19. The lowest BCUT2D eigenvalue weighted by Crippen LogP contribution is -2.30. The number of hydrogen-bond acceptors (Lipinski definition) is 5. The molecule has 4 rings (SSSR count). The minimum absolute atomic E-state index is 0.0131. The van der Waals surface area contributed by atoms with E-state index in [-0.39, 0.29) is 12.1 Å². The molecule has 0 N–H and O–H groups in total. The van der Waals surface area contributed by atoms with E-state index in [9.17, 15) is 9.18 Å². The standard InChI is InChI=1S/C20H15FN2O3S/c1-25-13-8-9-17-18(11-13)27-20(22-17)23(12-14-5-4-10-26-14)19(24)15-6-2-3-7-16(15)21/h2-11H,12H2,1H3. The second-order valence-electron chi connectivity index (χ2n) is 5.78. The molecule has 2 aromatic carbocycles. The third-order valence-corrected chi connectivity index (χ3v) is 5.10. The Morgan fingerprint density at radius 2 is 2.07 bits per heavy atom. The van der Waals surface area contributed by atoms with Crippen molar-refractivity contribution < 1.29 is 18.3 Å². The van der Waals surface area contributed by atoms with Crippen LogP contribution in [-0.4, -0.2) is 18.0 Å². The van der Waals surface area contributed by atoms with Crippen LogP contribution in [0.15, 0.2) is 65.3 Å². The number of benzene rings is 2. The Kier molecular flexibility index (Phi) is 4.60. The molecule has 0 saturated carbocycles. The molecule has 0 aliphatic rings. The first-order chi connectivity index (χ1) is 13.2. The number of methoxy groups -OCH3 is 1. The van der Waals surface area contributed by atoms with E-state index < -0.39 is 11.7 Å². The van der Waals surface area contributed by atoms with Gasteiger partial charge in [0.2, 0.25) is 0 Å². The van der Waals surface area contributed by atoms with Crippen LogP contribution in [-0.2, 0) is 6.54 Å². The molecular weight excluding hydrogens is 367 g/mol. The number of fused-ring (bicyclic) bond motifs is 1.